The first-order valence-corrected chi connectivity index (χ1v) is 27.6. The van der Waals surface area contributed by atoms with E-state index >= 15 is 0 Å². The summed E-state index contributed by atoms with van der Waals surface area (Å²) < 4.78 is 41.2. The van der Waals surface area contributed by atoms with Gasteiger partial charge >= 0.3 is 0 Å². The number of nitrogens with zero attached hydrogens (tertiary/aromatic N) is 4. The predicted octanol–water partition coefficient (Wildman–Crippen LogP) is 20.2. The minimum Gasteiger partial charge on any atom is -0.512 e. The Balaban J connectivity index is 0.000000256. The number of ketones is 1. The molecule has 0 saturated heterocycles. The summed E-state index contributed by atoms with van der Waals surface area (Å²) in [6, 6.07) is 80.4. The van der Waals surface area contributed by atoms with Crippen LogP contribution >= 0.6 is 11.3 Å². The van der Waals surface area contributed by atoms with Crippen molar-refractivity contribution in [3.8, 4) is 77.7 Å². The van der Waals surface area contributed by atoms with Gasteiger partial charge in [0.25, 0.3) is 0 Å². The summed E-state index contributed by atoms with van der Waals surface area (Å²) in [6.45, 7) is 8.95. The second-order valence-corrected chi connectivity index (χ2v) is 20.1. The van der Waals surface area contributed by atoms with Crippen LogP contribution in [0, 0.1) is 45.0 Å². The Morgan fingerprint density at radius 3 is 1.65 bits per heavy atom. The average molecular weight is 1880 g/mol. The molecule has 0 unspecified atom stereocenters. The van der Waals surface area contributed by atoms with Gasteiger partial charge in [-0.1, -0.05) is 195 Å². The van der Waals surface area contributed by atoms with Gasteiger partial charge in [0.05, 0.1) is 12.6 Å². The number of aromatic nitrogens is 4. The van der Waals surface area contributed by atoms with Crippen molar-refractivity contribution in [2.75, 3.05) is 0 Å². The van der Waals surface area contributed by atoms with Crippen molar-refractivity contribution in [1.82, 2.24) is 19.9 Å². The van der Waals surface area contributed by atoms with Crippen LogP contribution in [-0.2, 0) is 85.2 Å². The first kappa shape index (κ1) is 64.9. The predicted molar refractivity (Wildman–Crippen MR) is 351 cm³/mol. The van der Waals surface area contributed by atoms with Crippen molar-refractivity contribution in [3.63, 3.8) is 0 Å². The van der Waals surface area contributed by atoms with Crippen LogP contribution in [0.1, 0.15) is 44.8 Å². The van der Waals surface area contributed by atoms with E-state index in [9.17, 15) is 4.79 Å². The van der Waals surface area contributed by atoms with Crippen molar-refractivity contribution in [1.29, 1.82) is 0 Å². The number of pyridine rings is 4. The monoisotopic (exact) mass is 1890 g/mol. The molecule has 4 radical (unpaired) electrons. The Bertz CT molecular complexity index is 4360. The molecule has 0 fully saturated rings. The molecule has 8 aromatic carbocycles. The molecule has 0 aliphatic rings. The van der Waals surface area contributed by atoms with Crippen molar-refractivity contribution < 1.29 is 97.2 Å². The number of aliphatic hydroxyl groups excluding tert-OH is 1. The quantitative estimate of drug-likeness (QED) is 0.0926. The molecule has 0 aliphatic heterocycles. The normalized spacial score (nSPS) is 10.8. The maximum Gasteiger partial charge on any atom is 0.155 e. The fourth-order valence-corrected chi connectivity index (χ4v) is 9.89. The number of hydrogen-bond acceptors (Lipinski definition) is 7. The number of hydrogen-bond donors (Lipinski definition) is 1. The Kier molecular flexibility index (Phi) is 27.5. The Labute approximate surface area is 583 Å². The molecule has 0 amide bonds. The van der Waals surface area contributed by atoms with Crippen LogP contribution in [0.3, 0.4) is 0 Å². The van der Waals surface area contributed by atoms with Crippen molar-refractivity contribution in [3.05, 3.63) is 314 Å². The molecule has 0 saturated carbocycles. The summed E-state index contributed by atoms with van der Waals surface area (Å²) in [7, 11) is 0. The fraction of sp³-hybridized carbons (Fsp3) is 0.0779. The zero-order chi connectivity index (χ0) is 62.1. The maximum absolute atomic E-state index is 10.0. The van der Waals surface area contributed by atoms with E-state index in [1.54, 1.807) is 17.5 Å². The third-order valence-corrected chi connectivity index (χ3v) is 14.0. The number of allylic oxidation sites excluding steroid dienone is 2. The van der Waals surface area contributed by atoms with E-state index in [1.165, 1.54) is 63.4 Å². The zero-order valence-electron chi connectivity index (χ0n) is 52.9. The number of fused-ring (bicyclic) bond motifs is 2. The van der Waals surface area contributed by atoms with Crippen LogP contribution in [0.2, 0.25) is 0 Å². The molecule has 6 nitrogen and oxygen atoms in total. The molecular formula is C77H64Ir4N4O2S-4. The largest absolute Gasteiger partial charge is 0.512 e. The molecule has 11 heteroatoms. The minimum absolute atomic E-state index is 0. The molecule has 0 spiro atoms. The number of carbonyl (C=O) groups is 1. The summed E-state index contributed by atoms with van der Waals surface area (Å²) in [5.74, 6) is -0.0625. The Hall–Kier alpha value is -7.61. The molecule has 5 aromatic heterocycles. The van der Waals surface area contributed by atoms with Gasteiger partial charge in [-0.3, -0.25) is 4.79 Å². The van der Waals surface area contributed by atoms with E-state index in [0.717, 1.165) is 60.7 Å². The minimum atomic E-state index is -0.397. The van der Waals surface area contributed by atoms with Crippen molar-refractivity contribution in [2.45, 2.75) is 42.0 Å². The molecule has 5 heterocycles. The van der Waals surface area contributed by atoms with Crippen LogP contribution in [0.5, 0.6) is 0 Å². The number of thiophene rings is 1. The first-order valence-electron chi connectivity index (χ1n) is 29.3. The molecule has 1 N–H and O–H groups in total. The SMILES string of the molecule is C.CC(=O)C=C(C)O.Cc1cc(-c2[c-]cccc2)ncc1-c1ccccc1.Cc1cc(-c2ccccn2)[c-]cc1-c1ccccc1.[2H]c1c([2H])c([2H])c(-c2cnc(-c3[c-]ccc4ccccc34)cc2C)c([2H])c1[2H].[Ir].[Ir].[Ir].[Ir].[c-]1c(-c2ccccn2)sc2ccccc12. The van der Waals surface area contributed by atoms with Crippen LogP contribution in [0.25, 0.3) is 98.6 Å². The van der Waals surface area contributed by atoms with Gasteiger partial charge in [-0.15, -0.1) is 118 Å². The summed E-state index contributed by atoms with van der Waals surface area (Å²) in [6.07, 6.45) is 8.31. The second-order valence-electron chi connectivity index (χ2n) is 19.0. The molecule has 13 rings (SSSR count). The van der Waals surface area contributed by atoms with Crippen LogP contribution in [-0.4, -0.2) is 30.8 Å². The number of aryl methyl sites for hydroxylation is 3. The van der Waals surface area contributed by atoms with E-state index in [-0.39, 0.29) is 129 Å². The summed E-state index contributed by atoms with van der Waals surface area (Å²) in [4.78, 5) is 28.9. The number of benzene rings is 8. The van der Waals surface area contributed by atoms with Gasteiger partial charge in [0.2, 0.25) is 0 Å². The second kappa shape index (κ2) is 37.3. The van der Waals surface area contributed by atoms with Gasteiger partial charge in [-0.2, -0.15) is 0 Å². The van der Waals surface area contributed by atoms with E-state index in [2.05, 4.69) is 131 Å². The molecular weight excluding hydrogens is 1810 g/mol. The molecule has 88 heavy (non-hydrogen) atoms. The van der Waals surface area contributed by atoms with E-state index < -0.39 is 6.04 Å². The average Bonchev–Trinajstić information content (AvgIpc) is 1.36. The third kappa shape index (κ3) is 20.5. The van der Waals surface area contributed by atoms with E-state index in [4.69, 9.17) is 12.0 Å². The van der Waals surface area contributed by atoms with E-state index in [0.29, 0.717) is 5.56 Å². The van der Waals surface area contributed by atoms with Crippen LogP contribution in [0.4, 0.5) is 0 Å². The Morgan fingerprint density at radius 2 is 1.07 bits per heavy atom. The van der Waals surface area contributed by atoms with Crippen molar-refractivity contribution >= 4 is 38.0 Å². The van der Waals surface area contributed by atoms with Crippen LogP contribution < -0.4 is 0 Å². The number of rotatable bonds is 8. The van der Waals surface area contributed by atoms with Gasteiger partial charge in [0.15, 0.2) is 5.78 Å². The van der Waals surface area contributed by atoms with Gasteiger partial charge in [-0.25, -0.2) is 11.3 Å². The summed E-state index contributed by atoms with van der Waals surface area (Å²) >= 11 is 1.73. The smallest absolute Gasteiger partial charge is 0.155 e. The summed E-state index contributed by atoms with van der Waals surface area (Å²) in [5, 5.41) is 11.7. The topological polar surface area (TPSA) is 88.9 Å². The maximum atomic E-state index is 10.0. The first-order chi connectivity index (χ1) is 42.6. The summed E-state index contributed by atoms with van der Waals surface area (Å²) in [5.41, 5.74) is 15.4. The third-order valence-electron chi connectivity index (χ3n) is 12.9. The zero-order valence-corrected chi connectivity index (χ0v) is 58.3. The van der Waals surface area contributed by atoms with Crippen molar-refractivity contribution in [2.24, 2.45) is 0 Å². The standard InChI is InChI=1S/C22H16N.2C18H14N.C13H8NS.C5H8O2.CH4.4Ir/c1-16-14-22(23-15-21(16)18-8-3-2-4-9-18)20-13-7-11-17-10-5-6-12-19(17)20;1-14-12-18(16-10-6-3-7-11-16)19-13-17(14)15-8-4-2-5-9-15;1-14-13-16(18-9-5-6-12-19-18)10-11-17(14)15-7-3-2-4-8-15;1-2-7-12-10(5-1)9-13(15-12)11-6-3-4-8-14-11;1-4(6)3-5(2)7;;;;;/h2-12,14-15H,1H3;2-10,12-13H,1H3;2-9,11-13H,1H3;1-8H;3,6H,1-2H3;1H4;;;;/q4*-1;;;;;;/i2D,3D,4D,8D,9D;;;;;;;;;. The fourth-order valence-electron chi connectivity index (χ4n) is 8.91. The number of carbonyl (C=O) groups excluding carboxylic acids is 1. The Morgan fingerprint density at radius 1 is 0.511 bits per heavy atom. The van der Waals surface area contributed by atoms with E-state index in [1.807, 2.05) is 159 Å². The molecule has 0 atom stereocenters. The van der Waals surface area contributed by atoms with Gasteiger partial charge < -0.3 is 25.0 Å². The van der Waals surface area contributed by atoms with Gasteiger partial charge in [0.1, 0.15) is 0 Å². The molecule has 13 aromatic rings. The van der Waals surface area contributed by atoms with Crippen LogP contribution in [0.15, 0.2) is 273 Å². The molecule has 0 bridgehead atoms. The van der Waals surface area contributed by atoms with Gasteiger partial charge in [0, 0.05) is 128 Å². The van der Waals surface area contributed by atoms with Gasteiger partial charge in [-0.05, 0) is 88.7 Å². The molecule has 0 aliphatic carbocycles. The molecule has 450 valence electrons. The number of aliphatic hydroxyl groups is 1.